The molecule has 0 aromatic carbocycles. The van der Waals surface area contributed by atoms with Crippen LogP contribution in [0, 0.1) is 34.0 Å². The zero-order valence-corrected chi connectivity index (χ0v) is 21.4. The maximum atomic E-state index is 14.0. The Hall–Kier alpha value is -1.28. The van der Waals surface area contributed by atoms with Crippen molar-refractivity contribution in [3.63, 3.8) is 0 Å². The molecule has 35 heavy (non-hydrogen) atoms. The van der Waals surface area contributed by atoms with E-state index in [-0.39, 0.29) is 24.2 Å². The lowest BCUT2D eigenvalue weighted by Gasteiger charge is -2.74. The van der Waals surface area contributed by atoms with Crippen molar-refractivity contribution in [3.8, 4) is 0 Å². The van der Waals surface area contributed by atoms with E-state index in [0.717, 1.165) is 25.7 Å². The topological polar surface area (TPSA) is 113 Å². The number of ketones is 1. The summed E-state index contributed by atoms with van der Waals surface area (Å²) in [5, 5.41) is 35.3. The van der Waals surface area contributed by atoms with Gasteiger partial charge in [0.05, 0.1) is 12.7 Å². The second-order valence-corrected chi connectivity index (χ2v) is 12.6. The molecule has 9 atom stereocenters. The minimum Gasteiger partial charge on any atom is -0.460 e. The third-order valence-electron chi connectivity index (χ3n) is 10.6. The van der Waals surface area contributed by atoms with Gasteiger partial charge < -0.3 is 24.8 Å². The molecule has 7 nitrogen and oxygen atoms in total. The van der Waals surface area contributed by atoms with Crippen LogP contribution in [-0.4, -0.2) is 57.8 Å². The average molecular weight is 491 g/mol. The van der Waals surface area contributed by atoms with E-state index in [4.69, 9.17) is 9.47 Å². The number of aliphatic hydroxyl groups excluding tert-OH is 2. The van der Waals surface area contributed by atoms with Gasteiger partial charge in [0.15, 0.2) is 5.78 Å². The molecule has 4 saturated carbocycles. The number of Topliss-reactive ketones (excluding diaryl/α,β-unsaturated/α-hetero) is 1. The molecular weight excluding hydrogens is 448 g/mol. The Kier molecular flexibility index (Phi) is 6.07. The predicted octanol–water partition coefficient (Wildman–Crippen LogP) is 3.29. The lowest BCUT2D eigenvalue weighted by atomic mass is 9.35. The minimum absolute atomic E-state index is 0.0742. The van der Waals surface area contributed by atoms with Gasteiger partial charge in [-0.3, -0.25) is 9.59 Å². The predicted molar refractivity (Wildman–Crippen MR) is 128 cm³/mol. The molecule has 0 amide bonds. The van der Waals surface area contributed by atoms with Crippen LogP contribution in [0.15, 0.2) is 12.2 Å². The van der Waals surface area contributed by atoms with Crippen LogP contribution in [0.1, 0.15) is 85.0 Å². The smallest absolute Gasteiger partial charge is 0.306 e. The van der Waals surface area contributed by atoms with Crippen molar-refractivity contribution in [3.05, 3.63) is 12.2 Å². The molecule has 0 aromatic rings. The second kappa shape index (κ2) is 8.37. The molecule has 6 aliphatic rings. The molecule has 3 N–H and O–H groups in total. The average Bonchev–Trinajstić information content (AvgIpc) is 2.92. The van der Waals surface area contributed by atoms with Crippen molar-refractivity contribution in [2.75, 3.05) is 6.61 Å². The van der Waals surface area contributed by atoms with E-state index in [9.17, 15) is 24.9 Å². The first kappa shape index (κ1) is 25.4. The summed E-state index contributed by atoms with van der Waals surface area (Å²) in [6, 6.07) is 0. The van der Waals surface area contributed by atoms with Crippen molar-refractivity contribution < 1.29 is 34.4 Å². The quantitative estimate of drug-likeness (QED) is 0.285. The highest BCUT2D eigenvalue weighted by Gasteiger charge is 2.87. The fourth-order valence-corrected chi connectivity index (χ4v) is 9.11. The Morgan fingerprint density at radius 1 is 1.14 bits per heavy atom. The molecule has 0 unspecified atom stereocenters. The fraction of sp³-hybridized carbons (Fsp3) is 0.857. The Morgan fingerprint density at radius 3 is 2.57 bits per heavy atom. The van der Waals surface area contributed by atoms with Gasteiger partial charge in [-0.25, -0.2) is 0 Å². The number of ether oxygens (including phenoxy) is 2. The standard InChI is InChI=1S/C28H42O7/c1-5-6-7-8-9-10-20(30)35-24-17-11-12-18-26-15-34-28(33,27(18,24)22(31)16(17)2)23(32)21(26)25(3,4)14-13-19(26)29/h17-19,21,23-24,29,32-33H,2,5-15H2,1,3-4H3/t17-,18-,19-,21+,23-,24+,26+,27-,28-/m0/s1. The van der Waals surface area contributed by atoms with Crippen LogP contribution in [0.3, 0.4) is 0 Å². The molecule has 6 rings (SSSR count). The van der Waals surface area contributed by atoms with Crippen LogP contribution < -0.4 is 0 Å². The molecule has 2 heterocycles. The summed E-state index contributed by atoms with van der Waals surface area (Å²) in [6.45, 7) is 10.4. The summed E-state index contributed by atoms with van der Waals surface area (Å²) >= 11 is 0. The van der Waals surface area contributed by atoms with Gasteiger partial charge >= 0.3 is 5.97 Å². The molecule has 196 valence electrons. The Morgan fingerprint density at radius 2 is 1.86 bits per heavy atom. The lowest BCUT2D eigenvalue weighted by molar-refractivity contribution is -0.458. The highest BCUT2D eigenvalue weighted by atomic mass is 16.6. The van der Waals surface area contributed by atoms with Gasteiger partial charge in [-0.1, -0.05) is 53.0 Å². The summed E-state index contributed by atoms with van der Waals surface area (Å²) in [5.41, 5.74) is -2.57. The summed E-state index contributed by atoms with van der Waals surface area (Å²) < 4.78 is 12.1. The SMILES string of the molecule is C=C1C(=O)[C@]23[C@H](OC(=O)CCCCCCC)[C@H]1CC[C@H]2[C@@]12CO[C@@]3(O)[C@@H](O)[C@@H]1C(C)(C)CC[C@@H]2O. The summed E-state index contributed by atoms with van der Waals surface area (Å²) in [4.78, 5) is 27.0. The molecule has 4 bridgehead atoms. The van der Waals surface area contributed by atoms with Crippen LogP contribution in [0.2, 0.25) is 0 Å². The van der Waals surface area contributed by atoms with Crippen molar-refractivity contribution in [1.29, 1.82) is 0 Å². The lowest BCUT2D eigenvalue weighted by Crippen LogP contribution is -2.85. The van der Waals surface area contributed by atoms with E-state index in [1.54, 1.807) is 0 Å². The van der Waals surface area contributed by atoms with Gasteiger partial charge in [-0.05, 0) is 49.0 Å². The summed E-state index contributed by atoms with van der Waals surface area (Å²) in [5.74, 6) is -4.29. The first-order valence-corrected chi connectivity index (χ1v) is 13.7. The third-order valence-corrected chi connectivity index (χ3v) is 10.6. The van der Waals surface area contributed by atoms with Crippen LogP contribution in [0.4, 0.5) is 0 Å². The van der Waals surface area contributed by atoms with Gasteiger partial charge in [0.2, 0.25) is 5.79 Å². The maximum Gasteiger partial charge on any atom is 0.306 e. The first-order valence-electron chi connectivity index (χ1n) is 13.7. The van der Waals surface area contributed by atoms with Crippen LogP contribution in [0.5, 0.6) is 0 Å². The number of fused-ring (bicyclic) bond motifs is 2. The zero-order chi connectivity index (χ0) is 25.4. The normalized spacial score (nSPS) is 47.4. The van der Waals surface area contributed by atoms with Crippen molar-refractivity contribution in [1.82, 2.24) is 0 Å². The number of carbonyl (C=O) groups excluding carboxylic acids is 2. The molecule has 2 saturated heterocycles. The highest BCUT2D eigenvalue weighted by Crippen LogP contribution is 2.76. The summed E-state index contributed by atoms with van der Waals surface area (Å²) in [6.07, 6.45) is 4.51. The number of hydrogen-bond acceptors (Lipinski definition) is 7. The van der Waals surface area contributed by atoms with Crippen molar-refractivity contribution in [2.24, 2.45) is 34.0 Å². The van der Waals surface area contributed by atoms with E-state index in [0.29, 0.717) is 37.7 Å². The van der Waals surface area contributed by atoms with E-state index in [1.807, 2.05) is 0 Å². The second-order valence-electron chi connectivity index (χ2n) is 12.6. The zero-order valence-electron chi connectivity index (χ0n) is 21.4. The molecule has 0 radical (unpaired) electrons. The third kappa shape index (κ3) is 3.04. The van der Waals surface area contributed by atoms with Crippen LogP contribution >= 0.6 is 0 Å². The molecule has 0 aromatic heterocycles. The summed E-state index contributed by atoms with van der Waals surface area (Å²) in [7, 11) is 0. The number of unbranched alkanes of at least 4 members (excludes halogenated alkanes) is 4. The molecule has 6 fully saturated rings. The van der Waals surface area contributed by atoms with E-state index in [2.05, 4.69) is 27.4 Å². The minimum atomic E-state index is -2.19. The monoisotopic (exact) mass is 490 g/mol. The van der Waals surface area contributed by atoms with Crippen molar-refractivity contribution in [2.45, 2.75) is 109 Å². The van der Waals surface area contributed by atoms with Gasteiger partial charge in [0.25, 0.3) is 0 Å². The van der Waals surface area contributed by atoms with Gasteiger partial charge in [0, 0.05) is 23.7 Å². The Labute approximate surface area is 208 Å². The largest absolute Gasteiger partial charge is 0.460 e. The Bertz CT molecular complexity index is 913. The molecule has 4 aliphatic carbocycles. The molecular formula is C28H42O7. The highest BCUT2D eigenvalue weighted by molar-refractivity contribution is 6.05. The molecule has 2 aliphatic heterocycles. The van der Waals surface area contributed by atoms with Crippen LogP contribution in [0.25, 0.3) is 0 Å². The van der Waals surface area contributed by atoms with Gasteiger partial charge in [-0.2, -0.15) is 0 Å². The maximum absolute atomic E-state index is 14.0. The van der Waals surface area contributed by atoms with Crippen LogP contribution in [-0.2, 0) is 19.1 Å². The molecule has 2 spiro atoms. The van der Waals surface area contributed by atoms with Gasteiger partial charge in [0.1, 0.15) is 17.6 Å². The number of rotatable bonds is 7. The van der Waals surface area contributed by atoms with E-state index >= 15 is 0 Å². The van der Waals surface area contributed by atoms with Gasteiger partial charge in [-0.15, -0.1) is 0 Å². The number of esters is 1. The van der Waals surface area contributed by atoms with E-state index < -0.39 is 58.7 Å². The first-order chi connectivity index (χ1) is 16.5. The molecule has 7 heteroatoms. The number of carbonyl (C=O) groups is 2. The Balaban J connectivity index is 1.54. The van der Waals surface area contributed by atoms with E-state index in [1.165, 1.54) is 0 Å². The number of aliphatic hydroxyl groups is 3. The number of hydrogen-bond donors (Lipinski definition) is 3. The fourth-order valence-electron chi connectivity index (χ4n) is 9.11. The van der Waals surface area contributed by atoms with Crippen molar-refractivity contribution >= 4 is 11.8 Å².